The van der Waals surface area contributed by atoms with Crippen LogP contribution in [-0.2, 0) is 0 Å². The second-order valence-electron chi connectivity index (χ2n) is 5.59. The number of hydrogen-bond acceptors (Lipinski definition) is 4. The predicted molar refractivity (Wildman–Crippen MR) is 79.5 cm³/mol. The molecule has 1 atom stereocenters. The minimum absolute atomic E-state index is 0.0978. The Morgan fingerprint density at radius 3 is 2.17 bits per heavy atom. The van der Waals surface area contributed by atoms with Gasteiger partial charge >= 0.3 is 0 Å². The van der Waals surface area contributed by atoms with E-state index in [-0.39, 0.29) is 6.04 Å². The first-order valence-electron chi connectivity index (χ1n) is 7.10. The minimum Gasteiger partial charge on any atom is -0.348 e. The van der Waals surface area contributed by atoms with Crippen LogP contribution in [0, 0.1) is 0 Å². The number of nitrogens with two attached hydrogens (primary N) is 1. The average molecular weight is 267 g/mol. The van der Waals surface area contributed by atoms with Gasteiger partial charge in [0.2, 0.25) is 0 Å². The van der Waals surface area contributed by atoms with Crippen LogP contribution in [0.15, 0.2) is 0 Å². The lowest BCUT2D eigenvalue weighted by atomic mass is 10.1. The van der Waals surface area contributed by atoms with Gasteiger partial charge in [0, 0.05) is 24.0 Å². The van der Waals surface area contributed by atoms with Crippen molar-refractivity contribution >= 4 is 16.5 Å². The number of rotatable bonds is 3. The molecule has 0 radical (unpaired) electrons. The lowest BCUT2D eigenvalue weighted by Crippen LogP contribution is -2.23. The molecule has 4 heteroatoms. The maximum atomic E-state index is 6.08. The van der Waals surface area contributed by atoms with Gasteiger partial charge in [-0.25, -0.2) is 4.98 Å². The topological polar surface area (TPSA) is 42.2 Å². The Labute approximate surface area is 114 Å². The fourth-order valence-corrected chi connectivity index (χ4v) is 3.69. The number of thiazole rings is 1. The number of aromatic nitrogens is 1. The zero-order valence-corrected chi connectivity index (χ0v) is 12.6. The lowest BCUT2D eigenvalue weighted by molar-refractivity contribution is 0.726. The van der Waals surface area contributed by atoms with Gasteiger partial charge in [-0.2, -0.15) is 0 Å². The molecule has 1 aromatic rings. The third-order valence-corrected chi connectivity index (χ3v) is 4.84. The molecular weight excluding hydrogens is 242 g/mol. The third-order valence-electron chi connectivity index (χ3n) is 3.51. The van der Waals surface area contributed by atoms with Gasteiger partial charge < -0.3 is 10.6 Å². The molecule has 18 heavy (non-hydrogen) atoms. The van der Waals surface area contributed by atoms with E-state index in [9.17, 15) is 0 Å². The Balaban J connectivity index is 2.24. The summed E-state index contributed by atoms with van der Waals surface area (Å²) >= 11 is 1.80. The first kappa shape index (κ1) is 13.8. The normalized spacial score (nSPS) is 19.1. The molecule has 2 N–H and O–H groups in total. The van der Waals surface area contributed by atoms with Crippen LogP contribution in [0.3, 0.4) is 0 Å². The van der Waals surface area contributed by atoms with E-state index < -0.39 is 0 Å². The highest BCUT2D eigenvalue weighted by molar-refractivity contribution is 7.15. The molecule has 2 heterocycles. The molecule has 1 unspecified atom stereocenters. The van der Waals surface area contributed by atoms with E-state index in [1.165, 1.54) is 41.4 Å². The molecule has 0 spiro atoms. The standard InChI is InChI=1S/C14H25N3S/c1-10(2)12-13(11(3)15)18-14(16-12)17-8-6-4-5-7-9-17/h10-11H,4-9,15H2,1-3H3. The molecule has 102 valence electrons. The summed E-state index contributed by atoms with van der Waals surface area (Å²) in [5, 5.41) is 1.19. The molecule has 1 fully saturated rings. The lowest BCUT2D eigenvalue weighted by Gasteiger charge is -2.18. The summed E-state index contributed by atoms with van der Waals surface area (Å²) < 4.78 is 0. The van der Waals surface area contributed by atoms with Crippen molar-refractivity contribution in [2.24, 2.45) is 5.73 Å². The second kappa shape index (κ2) is 6.02. The molecule has 2 rings (SSSR count). The molecule has 0 aromatic carbocycles. The van der Waals surface area contributed by atoms with Gasteiger partial charge in [-0.15, -0.1) is 0 Å². The third kappa shape index (κ3) is 3.04. The van der Waals surface area contributed by atoms with Gasteiger partial charge in [-0.3, -0.25) is 0 Å². The maximum Gasteiger partial charge on any atom is 0.185 e. The van der Waals surface area contributed by atoms with Crippen molar-refractivity contribution in [2.45, 2.75) is 58.4 Å². The van der Waals surface area contributed by atoms with E-state index in [2.05, 4.69) is 25.7 Å². The smallest absolute Gasteiger partial charge is 0.185 e. The van der Waals surface area contributed by atoms with Crippen molar-refractivity contribution in [3.05, 3.63) is 10.6 Å². The fourth-order valence-electron chi connectivity index (χ4n) is 2.47. The van der Waals surface area contributed by atoms with Gasteiger partial charge in [-0.1, -0.05) is 38.0 Å². The molecule has 0 amide bonds. The highest BCUT2D eigenvalue weighted by atomic mass is 32.1. The van der Waals surface area contributed by atoms with Gasteiger partial charge in [-0.05, 0) is 25.7 Å². The van der Waals surface area contributed by atoms with E-state index in [4.69, 9.17) is 10.7 Å². The van der Waals surface area contributed by atoms with Crippen molar-refractivity contribution in [2.75, 3.05) is 18.0 Å². The first-order valence-corrected chi connectivity index (χ1v) is 7.92. The van der Waals surface area contributed by atoms with Crippen LogP contribution in [-0.4, -0.2) is 18.1 Å². The summed E-state index contributed by atoms with van der Waals surface area (Å²) in [6, 6.07) is 0.0978. The summed E-state index contributed by atoms with van der Waals surface area (Å²) in [7, 11) is 0. The van der Waals surface area contributed by atoms with Crippen molar-refractivity contribution in [3.8, 4) is 0 Å². The van der Waals surface area contributed by atoms with Crippen molar-refractivity contribution in [1.29, 1.82) is 0 Å². The molecule has 1 aliphatic rings. The zero-order chi connectivity index (χ0) is 13.1. The van der Waals surface area contributed by atoms with Crippen LogP contribution in [0.25, 0.3) is 0 Å². The SMILES string of the molecule is CC(C)c1nc(N2CCCCCC2)sc1C(C)N. The summed E-state index contributed by atoms with van der Waals surface area (Å²) in [4.78, 5) is 8.58. The van der Waals surface area contributed by atoms with Crippen molar-refractivity contribution in [1.82, 2.24) is 4.98 Å². The van der Waals surface area contributed by atoms with Gasteiger partial charge in [0.25, 0.3) is 0 Å². The second-order valence-corrected chi connectivity index (χ2v) is 6.60. The van der Waals surface area contributed by atoms with E-state index in [0.29, 0.717) is 5.92 Å². The average Bonchev–Trinajstić information content (AvgIpc) is 2.59. The van der Waals surface area contributed by atoms with Gasteiger partial charge in [0.1, 0.15) is 0 Å². The minimum atomic E-state index is 0.0978. The Bertz CT molecular complexity index is 351. The van der Waals surface area contributed by atoms with Crippen LogP contribution >= 0.6 is 11.3 Å². The number of hydrogen-bond donors (Lipinski definition) is 1. The quantitative estimate of drug-likeness (QED) is 0.908. The predicted octanol–water partition coefficient (Wildman–Crippen LogP) is 3.67. The zero-order valence-electron chi connectivity index (χ0n) is 11.8. The molecule has 0 aliphatic carbocycles. The van der Waals surface area contributed by atoms with Crippen molar-refractivity contribution < 1.29 is 0 Å². The van der Waals surface area contributed by atoms with Gasteiger partial charge in [0.15, 0.2) is 5.13 Å². The summed E-state index contributed by atoms with van der Waals surface area (Å²) in [5.41, 5.74) is 7.28. The molecular formula is C14H25N3S. The highest BCUT2D eigenvalue weighted by Crippen LogP contribution is 2.34. The van der Waals surface area contributed by atoms with Gasteiger partial charge in [0.05, 0.1) is 5.69 Å². The number of nitrogens with zero attached hydrogens (tertiary/aromatic N) is 2. The Morgan fingerprint density at radius 2 is 1.72 bits per heavy atom. The summed E-state index contributed by atoms with van der Waals surface area (Å²) in [6.07, 6.45) is 5.31. The molecule has 1 aromatic heterocycles. The number of anilines is 1. The van der Waals surface area contributed by atoms with Crippen LogP contribution in [0.1, 0.15) is 69.0 Å². The van der Waals surface area contributed by atoms with Crippen LogP contribution in [0.4, 0.5) is 5.13 Å². The van der Waals surface area contributed by atoms with E-state index in [0.717, 1.165) is 13.1 Å². The molecule has 1 aliphatic heterocycles. The van der Waals surface area contributed by atoms with E-state index in [1.54, 1.807) is 11.3 Å². The first-order chi connectivity index (χ1) is 8.59. The largest absolute Gasteiger partial charge is 0.348 e. The Hall–Kier alpha value is -0.610. The highest BCUT2D eigenvalue weighted by Gasteiger charge is 2.20. The monoisotopic (exact) mass is 267 g/mol. The Kier molecular flexibility index (Phi) is 4.62. The van der Waals surface area contributed by atoms with Crippen LogP contribution < -0.4 is 10.6 Å². The van der Waals surface area contributed by atoms with Crippen LogP contribution in [0.5, 0.6) is 0 Å². The summed E-state index contributed by atoms with van der Waals surface area (Å²) in [5.74, 6) is 0.461. The summed E-state index contributed by atoms with van der Waals surface area (Å²) in [6.45, 7) is 8.78. The molecule has 3 nitrogen and oxygen atoms in total. The maximum absolute atomic E-state index is 6.08. The van der Waals surface area contributed by atoms with E-state index >= 15 is 0 Å². The van der Waals surface area contributed by atoms with Crippen molar-refractivity contribution in [3.63, 3.8) is 0 Å². The van der Waals surface area contributed by atoms with E-state index in [1.807, 2.05) is 0 Å². The molecule has 0 saturated carbocycles. The molecule has 1 saturated heterocycles. The fraction of sp³-hybridized carbons (Fsp3) is 0.786. The van der Waals surface area contributed by atoms with Crippen LogP contribution in [0.2, 0.25) is 0 Å². The Morgan fingerprint density at radius 1 is 1.11 bits per heavy atom. The molecule has 0 bridgehead atoms.